The highest BCUT2D eigenvalue weighted by molar-refractivity contribution is 7.99. The minimum atomic E-state index is -0.301. The molecular weight excluding hydrogens is 416 g/mol. The molecule has 0 aliphatic carbocycles. The molecule has 5 rings (SSSR count). The molecule has 0 aliphatic rings. The zero-order valence-electron chi connectivity index (χ0n) is 17.0. The van der Waals surface area contributed by atoms with Gasteiger partial charge in [-0.1, -0.05) is 30.8 Å². The summed E-state index contributed by atoms with van der Waals surface area (Å²) in [6.45, 7) is 3.80. The van der Waals surface area contributed by atoms with Gasteiger partial charge in [-0.3, -0.25) is 9.36 Å². The molecule has 11 heteroatoms. The summed E-state index contributed by atoms with van der Waals surface area (Å²) >= 11 is 1.49. The van der Waals surface area contributed by atoms with Gasteiger partial charge < -0.3 is 4.74 Å². The fourth-order valence-electron chi connectivity index (χ4n) is 3.48. The van der Waals surface area contributed by atoms with Crippen molar-refractivity contribution < 1.29 is 4.74 Å². The van der Waals surface area contributed by atoms with Gasteiger partial charge in [-0.05, 0) is 30.9 Å². The van der Waals surface area contributed by atoms with E-state index < -0.39 is 0 Å². The molecule has 156 valence electrons. The number of methoxy groups -OCH3 is 1. The summed E-state index contributed by atoms with van der Waals surface area (Å²) in [5.74, 6) is 2.74. The molecule has 0 unspecified atom stereocenters. The summed E-state index contributed by atoms with van der Waals surface area (Å²) in [4.78, 5) is 27.0. The van der Waals surface area contributed by atoms with Crippen LogP contribution in [-0.4, -0.2) is 52.2 Å². The summed E-state index contributed by atoms with van der Waals surface area (Å²) < 4.78 is 8.57. The lowest BCUT2D eigenvalue weighted by Crippen LogP contribution is -2.21. The van der Waals surface area contributed by atoms with Crippen molar-refractivity contribution in [2.24, 2.45) is 0 Å². The molecule has 5 aromatic rings. The predicted molar refractivity (Wildman–Crippen MR) is 117 cm³/mol. The molecule has 1 aromatic carbocycles. The molecule has 0 amide bonds. The first kappa shape index (κ1) is 19.2. The number of pyridine rings is 1. The lowest BCUT2D eigenvalue weighted by molar-refractivity contribution is 0.416. The van der Waals surface area contributed by atoms with Gasteiger partial charge in [0.1, 0.15) is 11.6 Å². The van der Waals surface area contributed by atoms with E-state index in [9.17, 15) is 4.79 Å². The van der Waals surface area contributed by atoms with Crippen LogP contribution in [0.4, 0.5) is 0 Å². The summed E-state index contributed by atoms with van der Waals surface area (Å²) in [6, 6.07) is 9.23. The van der Waals surface area contributed by atoms with Crippen molar-refractivity contribution in [2.75, 3.05) is 12.9 Å². The van der Waals surface area contributed by atoms with Crippen LogP contribution in [0.25, 0.3) is 33.9 Å². The SMILES string of the molecule is CCSc1n[nH]c(-n2ccc3nc4nc(C)nn4c(-c4ccccc4OC)c3c2=O)n1. The highest BCUT2D eigenvalue weighted by atomic mass is 32.2. The maximum atomic E-state index is 13.7. The van der Waals surface area contributed by atoms with Crippen molar-refractivity contribution in [3.8, 4) is 23.0 Å². The normalized spacial score (nSPS) is 11.5. The molecule has 0 saturated carbocycles. The smallest absolute Gasteiger partial charge is 0.269 e. The summed E-state index contributed by atoms with van der Waals surface area (Å²) in [6.07, 6.45) is 1.63. The van der Waals surface area contributed by atoms with Crippen LogP contribution in [0.1, 0.15) is 12.7 Å². The number of aromatic amines is 1. The van der Waals surface area contributed by atoms with Crippen LogP contribution >= 0.6 is 11.8 Å². The molecule has 0 atom stereocenters. The van der Waals surface area contributed by atoms with Crippen molar-refractivity contribution in [2.45, 2.75) is 19.0 Å². The molecule has 0 bridgehead atoms. The van der Waals surface area contributed by atoms with E-state index in [-0.39, 0.29) is 5.56 Å². The Labute approximate surface area is 180 Å². The zero-order chi connectivity index (χ0) is 21.5. The van der Waals surface area contributed by atoms with Gasteiger partial charge in [-0.15, -0.1) is 10.2 Å². The molecule has 0 spiro atoms. The molecule has 1 N–H and O–H groups in total. The number of aromatic nitrogens is 8. The number of nitrogens with zero attached hydrogens (tertiary/aromatic N) is 7. The van der Waals surface area contributed by atoms with Gasteiger partial charge in [0.15, 0.2) is 0 Å². The highest BCUT2D eigenvalue weighted by Gasteiger charge is 2.21. The van der Waals surface area contributed by atoms with Crippen molar-refractivity contribution in [1.29, 1.82) is 0 Å². The molecule has 0 saturated heterocycles. The molecule has 0 radical (unpaired) electrons. The molecule has 0 fully saturated rings. The van der Waals surface area contributed by atoms with Crippen LogP contribution in [0.5, 0.6) is 5.75 Å². The predicted octanol–water partition coefficient (Wildman–Crippen LogP) is 2.64. The fourth-order valence-corrected chi connectivity index (χ4v) is 4.00. The van der Waals surface area contributed by atoms with Crippen LogP contribution in [-0.2, 0) is 0 Å². The second-order valence-corrected chi connectivity index (χ2v) is 7.89. The van der Waals surface area contributed by atoms with Gasteiger partial charge in [-0.25, -0.2) is 10.1 Å². The third-order valence-corrected chi connectivity index (χ3v) is 5.48. The number of ether oxygens (including phenoxy) is 1. The van der Waals surface area contributed by atoms with E-state index in [0.29, 0.717) is 50.6 Å². The van der Waals surface area contributed by atoms with Gasteiger partial charge in [0.25, 0.3) is 11.3 Å². The average Bonchev–Trinajstić information content (AvgIpc) is 3.38. The monoisotopic (exact) mass is 434 g/mol. The number of benzene rings is 1. The van der Waals surface area contributed by atoms with E-state index in [1.54, 1.807) is 30.8 Å². The lowest BCUT2D eigenvalue weighted by atomic mass is 10.1. The summed E-state index contributed by atoms with van der Waals surface area (Å²) in [5.41, 5.74) is 1.47. The number of thioether (sulfide) groups is 1. The number of nitrogens with one attached hydrogen (secondary N) is 1. The van der Waals surface area contributed by atoms with Crippen molar-refractivity contribution >= 4 is 28.4 Å². The van der Waals surface area contributed by atoms with Gasteiger partial charge in [0.2, 0.25) is 11.1 Å². The summed E-state index contributed by atoms with van der Waals surface area (Å²) in [7, 11) is 1.59. The zero-order valence-corrected chi connectivity index (χ0v) is 17.8. The maximum Gasteiger partial charge on any atom is 0.269 e. The Kier molecular flexibility index (Phi) is 4.66. The largest absolute Gasteiger partial charge is 0.496 e. The molecular formula is C20H18N8O2S. The number of fused-ring (bicyclic) bond motifs is 2. The third kappa shape index (κ3) is 3.13. The van der Waals surface area contributed by atoms with Gasteiger partial charge in [0.05, 0.1) is 23.7 Å². The Balaban J connectivity index is 1.88. The Bertz CT molecular complexity index is 1490. The fraction of sp³-hybridized carbons (Fsp3) is 0.200. The average molecular weight is 434 g/mol. The molecule has 0 aliphatic heterocycles. The topological polar surface area (TPSA) is 116 Å². The Morgan fingerprint density at radius 3 is 2.81 bits per heavy atom. The van der Waals surface area contributed by atoms with E-state index >= 15 is 0 Å². The highest BCUT2D eigenvalue weighted by Crippen LogP contribution is 2.33. The minimum absolute atomic E-state index is 0.301. The van der Waals surface area contributed by atoms with Crippen molar-refractivity contribution in [3.63, 3.8) is 0 Å². The Hall–Kier alpha value is -3.73. The number of aryl methyl sites for hydroxylation is 1. The van der Waals surface area contributed by atoms with Crippen molar-refractivity contribution in [3.05, 3.63) is 52.7 Å². The van der Waals surface area contributed by atoms with E-state index in [2.05, 4.69) is 30.2 Å². The Morgan fingerprint density at radius 2 is 2.00 bits per heavy atom. The maximum absolute atomic E-state index is 13.7. The first-order valence-corrected chi connectivity index (χ1v) is 10.6. The van der Waals surface area contributed by atoms with Crippen LogP contribution in [0.2, 0.25) is 0 Å². The van der Waals surface area contributed by atoms with E-state index in [1.165, 1.54) is 16.3 Å². The number of rotatable bonds is 5. The molecule has 31 heavy (non-hydrogen) atoms. The minimum Gasteiger partial charge on any atom is -0.496 e. The molecule has 10 nitrogen and oxygen atoms in total. The quantitative estimate of drug-likeness (QED) is 0.420. The first-order chi connectivity index (χ1) is 15.1. The Morgan fingerprint density at radius 1 is 1.16 bits per heavy atom. The van der Waals surface area contributed by atoms with Crippen LogP contribution in [0, 0.1) is 6.92 Å². The van der Waals surface area contributed by atoms with Gasteiger partial charge in [-0.2, -0.15) is 14.5 Å². The standard InChI is InChI=1S/C20H18N8O2S/c1-4-31-20-23-19(24-25-20)27-10-9-13-15(17(27)29)16(12-7-5-6-8-14(12)30-3)28-18(22-13)21-11(2)26-28/h5-10H,4H2,1-3H3,(H,23,24,25). The second-order valence-electron chi connectivity index (χ2n) is 6.66. The number of para-hydroxylation sites is 1. The van der Waals surface area contributed by atoms with Gasteiger partial charge >= 0.3 is 0 Å². The molecule has 4 aromatic heterocycles. The number of hydrogen-bond donors (Lipinski definition) is 1. The van der Waals surface area contributed by atoms with Gasteiger partial charge in [0, 0.05) is 11.8 Å². The molecule has 4 heterocycles. The van der Waals surface area contributed by atoms with Crippen LogP contribution < -0.4 is 10.3 Å². The first-order valence-electron chi connectivity index (χ1n) is 9.58. The number of H-pyrrole nitrogens is 1. The van der Waals surface area contributed by atoms with Crippen molar-refractivity contribution in [1.82, 2.24) is 39.3 Å². The van der Waals surface area contributed by atoms with Crippen LogP contribution in [0.15, 0.2) is 46.5 Å². The second kappa shape index (κ2) is 7.51. The van der Waals surface area contributed by atoms with E-state index in [0.717, 1.165) is 5.75 Å². The lowest BCUT2D eigenvalue weighted by Gasteiger charge is -2.12. The van der Waals surface area contributed by atoms with E-state index in [4.69, 9.17) is 4.74 Å². The summed E-state index contributed by atoms with van der Waals surface area (Å²) in [5, 5.41) is 12.5. The number of hydrogen-bond acceptors (Lipinski definition) is 8. The van der Waals surface area contributed by atoms with E-state index in [1.807, 2.05) is 31.2 Å². The van der Waals surface area contributed by atoms with Crippen LogP contribution in [0.3, 0.4) is 0 Å². The third-order valence-electron chi connectivity index (χ3n) is 4.75.